The predicted molar refractivity (Wildman–Crippen MR) is 117 cm³/mol. The molecule has 6 atom stereocenters. The maximum atomic E-state index is 12.7. The van der Waals surface area contributed by atoms with Gasteiger partial charge in [-0.2, -0.15) is 0 Å². The van der Waals surface area contributed by atoms with Gasteiger partial charge >= 0.3 is 29.8 Å². The van der Waals surface area contributed by atoms with Crippen LogP contribution in [-0.2, 0) is 61.9 Å². The molecule has 0 spiro atoms. The Hall–Kier alpha value is -3.26. The summed E-state index contributed by atoms with van der Waals surface area (Å²) in [4.78, 5) is 72.4. The standard InChI is InChI=1S/C22H33NO13/c1-8-17(28)23-18-15(33-12(3)25)9-22(31-7,21(29)30-6)36-20(18)19(35-14(5)27)16(34-13(4)26)10-32-11(2)24/h15-16,18-20H,8-10H2,1-7H3,(H,23,28)/t15-,16+,18+,19+,20+,22+/m0/s1. The molecule has 1 aliphatic heterocycles. The molecule has 204 valence electrons. The van der Waals surface area contributed by atoms with E-state index in [1.807, 2.05) is 0 Å². The Bertz CT molecular complexity index is 844. The van der Waals surface area contributed by atoms with Gasteiger partial charge in [0.25, 0.3) is 5.79 Å². The van der Waals surface area contributed by atoms with Crippen LogP contribution < -0.4 is 5.32 Å². The van der Waals surface area contributed by atoms with Gasteiger partial charge in [-0.15, -0.1) is 0 Å². The van der Waals surface area contributed by atoms with Crippen LogP contribution in [0.2, 0.25) is 0 Å². The minimum absolute atomic E-state index is 0.0154. The lowest BCUT2D eigenvalue weighted by molar-refractivity contribution is -0.307. The summed E-state index contributed by atoms with van der Waals surface area (Å²) in [6, 6.07) is -1.23. The summed E-state index contributed by atoms with van der Waals surface area (Å²) in [5, 5.41) is 2.63. The monoisotopic (exact) mass is 519 g/mol. The van der Waals surface area contributed by atoms with Gasteiger partial charge in [-0.25, -0.2) is 4.79 Å². The molecule has 0 aromatic carbocycles. The van der Waals surface area contributed by atoms with Crippen LogP contribution in [0, 0.1) is 0 Å². The van der Waals surface area contributed by atoms with E-state index in [-0.39, 0.29) is 6.42 Å². The van der Waals surface area contributed by atoms with Gasteiger partial charge in [0.15, 0.2) is 12.2 Å². The van der Waals surface area contributed by atoms with Crippen molar-refractivity contribution >= 4 is 35.8 Å². The van der Waals surface area contributed by atoms with Crippen LogP contribution in [0.15, 0.2) is 0 Å². The number of hydrogen-bond acceptors (Lipinski definition) is 13. The molecule has 1 heterocycles. The first-order valence-corrected chi connectivity index (χ1v) is 11.1. The van der Waals surface area contributed by atoms with Crippen molar-refractivity contribution in [2.45, 2.75) is 83.7 Å². The van der Waals surface area contributed by atoms with E-state index < -0.39 is 85.0 Å². The minimum Gasteiger partial charge on any atom is -0.465 e. The number of methoxy groups -OCH3 is 2. The van der Waals surface area contributed by atoms with Gasteiger partial charge < -0.3 is 38.5 Å². The average Bonchev–Trinajstić information content (AvgIpc) is 2.79. The van der Waals surface area contributed by atoms with E-state index in [0.717, 1.165) is 41.9 Å². The first-order valence-electron chi connectivity index (χ1n) is 11.1. The SMILES string of the molecule is CCC(=O)N[C@H]1[C@H]([C@H](OC(C)=O)[C@@H](COC(C)=O)OC(C)=O)O[C@@](OC)(C(=O)OC)C[C@@H]1OC(C)=O. The molecule has 0 unspecified atom stereocenters. The highest BCUT2D eigenvalue weighted by Gasteiger charge is 2.58. The van der Waals surface area contributed by atoms with E-state index in [1.165, 1.54) is 0 Å². The Balaban J connectivity index is 3.75. The molecule has 0 saturated carbocycles. The first-order chi connectivity index (χ1) is 16.8. The van der Waals surface area contributed by atoms with E-state index in [9.17, 15) is 28.8 Å². The molecule has 0 aliphatic carbocycles. The second-order valence-electron chi connectivity index (χ2n) is 7.85. The fraction of sp³-hybridized carbons (Fsp3) is 0.727. The highest BCUT2D eigenvalue weighted by molar-refractivity contribution is 5.79. The number of amides is 1. The summed E-state index contributed by atoms with van der Waals surface area (Å²) in [6.45, 7) is 5.34. The molecule has 0 radical (unpaired) electrons. The fourth-order valence-corrected chi connectivity index (χ4v) is 3.66. The van der Waals surface area contributed by atoms with E-state index in [1.54, 1.807) is 6.92 Å². The molecule has 0 bridgehead atoms. The van der Waals surface area contributed by atoms with Gasteiger partial charge in [0.1, 0.15) is 18.8 Å². The Labute approximate surface area is 208 Å². The van der Waals surface area contributed by atoms with E-state index in [4.69, 9.17) is 33.2 Å². The molecule has 14 nitrogen and oxygen atoms in total. The van der Waals surface area contributed by atoms with Crippen molar-refractivity contribution in [1.29, 1.82) is 0 Å². The lowest BCUT2D eigenvalue weighted by atomic mass is 9.88. The molecular formula is C22H33NO13. The van der Waals surface area contributed by atoms with Gasteiger partial charge in [-0.05, 0) is 0 Å². The highest BCUT2D eigenvalue weighted by atomic mass is 16.7. The number of nitrogens with one attached hydrogen (secondary N) is 1. The third kappa shape index (κ3) is 8.45. The van der Waals surface area contributed by atoms with Gasteiger partial charge in [0.05, 0.1) is 19.6 Å². The molecule has 0 aromatic heterocycles. The van der Waals surface area contributed by atoms with Crippen LogP contribution in [0.1, 0.15) is 47.5 Å². The van der Waals surface area contributed by atoms with Crippen LogP contribution in [0.4, 0.5) is 0 Å². The molecule has 1 rings (SSSR count). The zero-order valence-corrected chi connectivity index (χ0v) is 21.3. The Morgan fingerprint density at radius 3 is 2.00 bits per heavy atom. The number of hydrogen-bond donors (Lipinski definition) is 1. The third-order valence-electron chi connectivity index (χ3n) is 5.10. The molecule has 0 aromatic rings. The summed E-state index contributed by atoms with van der Waals surface area (Å²) in [5.41, 5.74) is 0. The van der Waals surface area contributed by atoms with Crippen LogP contribution >= 0.6 is 0 Å². The van der Waals surface area contributed by atoms with Crippen molar-refractivity contribution in [3.8, 4) is 0 Å². The molecule has 1 N–H and O–H groups in total. The van der Waals surface area contributed by atoms with Crippen LogP contribution in [-0.4, -0.2) is 92.8 Å². The second kappa shape index (κ2) is 13.7. The molecule has 1 amide bonds. The minimum atomic E-state index is -2.17. The average molecular weight is 520 g/mol. The van der Waals surface area contributed by atoms with Gasteiger partial charge in [0.2, 0.25) is 5.91 Å². The van der Waals surface area contributed by atoms with Gasteiger partial charge in [0, 0.05) is 41.2 Å². The number of ether oxygens (including phenoxy) is 7. The fourth-order valence-electron chi connectivity index (χ4n) is 3.66. The van der Waals surface area contributed by atoms with Crippen LogP contribution in [0.25, 0.3) is 0 Å². The van der Waals surface area contributed by atoms with Crippen molar-refractivity contribution in [3.63, 3.8) is 0 Å². The number of carbonyl (C=O) groups is 6. The van der Waals surface area contributed by atoms with E-state index in [0.29, 0.717) is 0 Å². The Morgan fingerprint density at radius 1 is 0.944 bits per heavy atom. The first kappa shape index (κ1) is 30.8. The van der Waals surface area contributed by atoms with Gasteiger partial charge in [-0.1, -0.05) is 6.92 Å². The summed E-state index contributed by atoms with van der Waals surface area (Å²) in [7, 11) is 2.20. The largest absolute Gasteiger partial charge is 0.465 e. The third-order valence-corrected chi connectivity index (χ3v) is 5.10. The maximum Gasteiger partial charge on any atom is 0.366 e. The second-order valence-corrected chi connectivity index (χ2v) is 7.85. The number of esters is 5. The van der Waals surface area contributed by atoms with Crippen molar-refractivity contribution in [2.24, 2.45) is 0 Å². The zero-order valence-electron chi connectivity index (χ0n) is 21.3. The normalized spacial score (nSPS) is 24.9. The highest BCUT2D eigenvalue weighted by Crippen LogP contribution is 2.36. The quantitative estimate of drug-likeness (QED) is 0.274. The lowest BCUT2D eigenvalue weighted by Crippen LogP contribution is -2.69. The molecular weight excluding hydrogens is 486 g/mol. The van der Waals surface area contributed by atoms with E-state index >= 15 is 0 Å². The molecule has 14 heteroatoms. The topological polar surface area (TPSA) is 179 Å². The number of rotatable bonds is 11. The summed E-state index contributed by atoms with van der Waals surface area (Å²) in [6.07, 6.45) is -6.20. The van der Waals surface area contributed by atoms with Crippen molar-refractivity contribution < 1.29 is 61.9 Å². The Morgan fingerprint density at radius 2 is 1.56 bits per heavy atom. The predicted octanol–water partition coefficient (Wildman–Crippen LogP) is -0.456. The maximum absolute atomic E-state index is 12.7. The van der Waals surface area contributed by atoms with Crippen molar-refractivity contribution in [2.75, 3.05) is 20.8 Å². The molecule has 1 saturated heterocycles. The summed E-state index contributed by atoms with van der Waals surface area (Å²) >= 11 is 0. The number of carbonyl (C=O) groups excluding carboxylic acids is 6. The lowest BCUT2D eigenvalue weighted by Gasteiger charge is -2.48. The van der Waals surface area contributed by atoms with Crippen molar-refractivity contribution in [3.05, 3.63) is 0 Å². The van der Waals surface area contributed by atoms with Crippen molar-refractivity contribution in [1.82, 2.24) is 5.32 Å². The zero-order chi connectivity index (χ0) is 27.6. The molecule has 36 heavy (non-hydrogen) atoms. The molecule has 1 fully saturated rings. The van der Waals surface area contributed by atoms with Crippen LogP contribution in [0.3, 0.4) is 0 Å². The smallest absolute Gasteiger partial charge is 0.366 e. The van der Waals surface area contributed by atoms with Gasteiger partial charge in [-0.3, -0.25) is 24.0 Å². The molecule has 1 aliphatic rings. The summed E-state index contributed by atoms with van der Waals surface area (Å²) < 4.78 is 37.1. The van der Waals surface area contributed by atoms with E-state index in [2.05, 4.69) is 5.32 Å². The Kier molecular flexibility index (Phi) is 11.7. The van der Waals surface area contributed by atoms with Crippen LogP contribution in [0.5, 0.6) is 0 Å². The summed E-state index contributed by atoms with van der Waals surface area (Å²) in [5.74, 6) is -6.86.